The highest BCUT2D eigenvalue weighted by Crippen LogP contribution is 2.29. The van der Waals surface area contributed by atoms with Crippen LogP contribution < -0.4 is 5.73 Å². The number of imidazole rings is 1. The Morgan fingerprint density at radius 3 is 2.42 bits per heavy atom. The highest BCUT2D eigenvalue weighted by molar-refractivity contribution is 5.26. The molecular formula is C13H14F3N3. The molecule has 0 spiro atoms. The van der Waals surface area contributed by atoms with Gasteiger partial charge in [-0.05, 0) is 17.7 Å². The molecule has 1 heterocycles. The minimum Gasteiger partial charge on any atom is -0.333 e. The zero-order valence-corrected chi connectivity index (χ0v) is 10.2. The van der Waals surface area contributed by atoms with E-state index in [1.54, 1.807) is 6.20 Å². The van der Waals surface area contributed by atoms with Crippen LogP contribution in [0.2, 0.25) is 0 Å². The van der Waals surface area contributed by atoms with E-state index >= 15 is 0 Å². The Labute approximate surface area is 108 Å². The van der Waals surface area contributed by atoms with E-state index < -0.39 is 11.7 Å². The predicted octanol–water partition coefficient (Wildman–Crippen LogP) is 2.45. The summed E-state index contributed by atoms with van der Waals surface area (Å²) < 4.78 is 39.2. The minimum atomic E-state index is -4.30. The van der Waals surface area contributed by atoms with Crippen LogP contribution in [0.25, 0.3) is 0 Å². The van der Waals surface area contributed by atoms with Crippen molar-refractivity contribution >= 4 is 0 Å². The molecule has 2 aromatic rings. The number of nitrogens with two attached hydrogens (primary N) is 1. The predicted molar refractivity (Wildman–Crippen MR) is 65.5 cm³/mol. The second-order valence-electron chi connectivity index (χ2n) is 4.20. The van der Waals surface area contributed by atoms with E-state index in [0.717, 1.165) is 23.5 Å². The maximum atomic E-state index is 12.4. The first-order valence-corrected chi connectivity index (χ1v) is 5.87. The van der Waals surface area contributed by atoms with Gasteiger partial charge in [-0.15, -0.1) is 0 Å². The van der Waals surface area contributed by atoms with E-state index in [-0.39, 0.29) is 0 Å². The number of aromatic nitrogens is 2. The quantitative estimate of drug-likeness (QED) is 0.926. The van der Waals surface area contributed by atoms with Crippen molar-refractivity contribution in [3.8, 4) is 0 Å². The molecule has 19 heavy (non-hydrogen) atoms. The lowest BCUT2D eigenvalue weighted by molar-refractivity contribution is -0.137. The van der Waals surface area contributed by atoms with E-state index in [9.17, 15) is 13.2 Å². The van der Waals surface area contributed by atoms with Crippen LogP contribution in [-0.4, -0.2) is 16.1 Å². The van der Waals surface area contributed by atoms with Crippen molar-refractivity contribution in [2.75, 3.05) is 6.54 Å². The molecule has 6 heteroatoms. The van der Waals surface area contributed by atoms with Gasteiger partial charge < -0.3 is 10.3 Å². The number of rotatable bonds is 4. The summed E-state index contributed by atoms with van der Waals surface area (Å²) in [5, 5.41) is 0. The summed E-state index contributed by atoms with van der Waals surface area (Å²) >= 11 is 0. The number of halogens is 3. The van der Waals surface area contributed by atoms with Crippen LogP contribution in [0.4, 0.5) is 13.2 Å². The second-order valence-corrected chi connectivity index (χ2v) is 4.20. The average molecular weight is 269 g/mol. The summed E-state index contributed by atoms with van der Waals surface area (Å²) in [4.78, 5) is 4.19. The maximum absolute atomic E-state index is 12.4. The molecule has 0 fully saturated rings. The second kappa shape index (κ2) is 5.44. The summed E-state index contributed by atoms with van der Waals surface area (Å²) in [5.74, 6) is 0.796. The van der Waals surface area contributed by atoms with Crippen LogP contribution in [0.15, 0.2) is 36.7 Å². The fraction of sp³-hybridized carbons (Fsp3) is 0.308. The highest BCUT2D eigenvalue weighted by atomic mass is 19.4. The first-order chi connectivity index (χ1) is 9.00. The van der Waals surface area contributed by atoms with E-state index in [1.807, 2.05) is 10.8 Å². The van der Waals surface area contributed by atoms with Gasteiger partial charge in [-0.1, -0.05) is 12.1 Å². The lowest BCUT2D eigenvalue weighted by atomic mass is 10.1. The number of alkyl halides is 3. The smallest absolute Gasteiger partial charge is 0.333 e. The van der Waals surface area contributed by atoms with E-state index in [1.165, 1.54) is 12.1 Å². The number of hydrogen-bond acceptors (Lipinski definition) is 2. The van der Waals surface area contributed by atoms with Gasteiger partial charge in [0.15, 0.2) is 0 Å². The Morgan fingerprint density at radius 1 is 1.16 bits per heavy atom. The van der Waals surface area contributed by atoms with Gasteiger partial charge in [0.05, 0.1) is 5.56 Å². The molecule has 0 aliphatic rings. The van der Waals surface area contributed by atoms with Crippen LogP contribution in [0.1, 0.15) is 17.0 Å². The molecule has 0 atom stereocenters. The molecule has 0 radical (unpaired) electrons. The lowest BCUT2D eigenvalue weighted by Gasteiger charge is -2.09. The molecule has 1 aromatic carbocycles. The Balaban J connectivity index is 2.13. The zero-order valence-electron chi connectivity index (χ0n) is 10.2. The van der Waals surface area contributed by atoms with Crippen LogP contribution in [0.5, 0.6) is 0 Å². The van der Waals surface area contributed by atoms with Crippen LogP contribution >= 0.6 is 0 Å². The first kappa shape index (κ1) is 13.6. The molecule has 0 aliphatic heterocycles. The summed E-state index contributed by atoms with van der Waals surface area (Å²) in [6.45, 7) is 1.15. The molecule has 0 saturated carbocycles. The van der Waals surface area contributed by atoms with Crippen molar-refractivity contribution in [2.24, 2.45) is 5.73 Å². The van der Waals surface area contributed by atoms with Crippen molar-refractivity contribution in [1.82, 2.24) is 9.55 Å². The molecule has 0 amide bonds. The van der Waals surface area contributed by atoms with Gasteiger partial charge >= 0.3 is 6.18 Å². The van der Waals surface area contributed by atoms with Crippen LogP contribution in [-0.2, 0) is 19.1 Å². The van der Waals surface area contributed by atoms with Crippen molar-refractivity contribution in [3.63, 3.8) is 0 Å². The van der Waals surface area contributed by atoms with E-state index in [2.05, 4.69) is 4.98 Å². The normalized spacial score (nSPS) is 11.8. The molecule has 1 aromatic heterocycles. The molecule has 3 nitrogen and oxygen atoms in total. The number of benzene rings is 1. The Hall–Kier alpha value is -1.82. The molecule has 2 rings (SSSR count). The fourth-order valence-electron chi connectivity index (χ4n) is 1.84. The molecular weight excluding hydrogens is 255 g/mol. The third kappa shape index (κ3) is 3.35. The molecule has 102 valence electrons. The maximum Gasteiger partial charge on any atom is 0.416 e. The van der Waals surface area contributed by atoms with Gasteiger partial charge in [-0.3, -0.25) is 0 Å². The van der Waals surface area contributed by atoms with Gasteiger partial charge in [0.25, 0.3) is 0 Å². The molecule has 0 bridgehead atoms. The largest absolute Gasteiger partial charge is 0.416 e. The molecule has 2 N–H and O–H groups in total. The lowest BCUT2D eigenvalue weighted by Crippen LogP contribution is -2.12. The van der Waals surface area contributed by atoms with Crippen molar-refractivity contribution < 1.29 is 13.2 Å². The third-order valence-electron chi connectivity index (χ3n) is 2.82. The standard InChI is InChI=1S/C13H14F3N3/c14-13(15,16)11-3-1-10(2-4-11)9-12-18-6-8-19(12)7-5-17/h1-4,6,8H,5,7,9,17H2. The van der Waals surface area contributed by atoms with E-state index in [4.69, 9.17) is 5.73 Å². The summed E-state index contributed by atoms with van der Waals surface area (Å²) in [7, 11) is 0. The SMILES string of the molecule is NCCn1ccnc1Cc1ccc(C(F)(F)F)cc1. The minimum absolute atomic E-state index is 0.491. The van der Waals surface area contributed by atoms with Crippen molar-refractivity contribution in [1.29, 1.82) is 0 Å². The summed E-state index contributed by atoms with van der Waals surface area (Å²) in [5.41, 5.74) is 5.63. The Bertz CT molecular complexity index is 529. The number of nitrogens with zero attached hydrogens (tertiary/aromatic N) is 2. The molecule has 0 saturated heterocycles. The zero-order chi connectivity index (χ0) is 13.9. The van der Waals surface area contributed by atoms with Gasteiger partial charge in [0, 0.05) is 31.9 Å². The Kier molecular flexibility index (Phi) is 3.90. The van der Waals surface area contributed by atoms with Crippen LogP contribution in [0, 0.1) is 0 Å². The van der Waals surface area contributed by atoms with Crippen LogP contribution in [0.3, 0.4) is 0 Å². The Morgan fingerprint density at radius 2 is 1.84 bits per heavy atom. The molecule has 0 aliphatic carbocycles. The van der Waals surface area contributed by atoms with Crippen molar-refractivity contribution in [3.05, 3.63) is 53.6 Å². The van der Waals surface area contributed by atoms with Gasteiger partial charge in [0.2, 0.25) is 0 Å². The number of hydrogen-bond donors (Lipinski definition) is 1. The van der Waals surface area contributed by atoms with E-state index in [0.29, 0.717) is 19.5 Å². The van der Waals surface area contributed by atoms with Gasteiger partial charge in [0.1, 0.15) is 5.82 Å². The molecule has 0 unspecified atom stereocenters. The first-order valence-electron chi connectivity index (χ1n) is 5.87. The monoisotopic (exact) mass is 269 g/mol. The van der Waals surface area contributed by atoms with Crippen molar-refractivity contribution in [2.45, 2.75) is 19.1 Å². The fourth-order valence-corrected chi connectivity index (χ4v) is 1.84. The summed E-state index contributed by atoms with van der Waals surface area (Å²) in [6, 6.07) is 5.13. The van der Waals surface area contributed by atoms with Gasteiger partial charge in [-0.2, -0.15) is 13.2 Å². The summed E-state index contributed by atoms with van der Waals surface area (Å²) in [6.07, 6.45) is -0.330. The average Bonchev–Trinajstić information content (AvgIpc) is 2.77. The highest BCUT2D eigenvalue weighted by Gasteiger charge is 2.29. The van der Waals surface area contributed by atoms with Gasteiger partial charge in [-0.25, -0.2) is 4.98 Å². The topological polar surface area (TPSA) is 43.8 Å². The third-order valence-corrected chi connectivity index (χ3v) is 2.82.